The van der Waals surface area contributed by atoms with Crippen LogP contribution in [0, 0.1) is 18.3 Å². The number of ether oxygens (including phenoxy) is 1. The highest BCUT2D eigenvalue weighted by molar-refractivity contribution is 7.98. The van der Waals surface area contributed by atoms with Crippen LogP contribution < -0.4 is 5.32 Å². The fourth-order valence-electron chi connectivity index (χ4n) is 2.75. The average Bonchev–Trinajstić information content (AvgIpc) is 2.76. The highest BCUT2D eigenvalue weighted by Gasteiger charge is 2.16. The molecular weight excluding hydrogens is 420 g/mol. The Bertz CT molecular complexity index is 1100. The number of aryl methyl sites for hydroxylation is 1. The second kappa shape index (κ2) is 10.1. The van der Waals surface area contributed by atoms with Gasteiger partial charge in [-0.15, -0.1) is 0 Å². The number of carbonyl (C=O) groups is 1. The predicted molar refractivity (Wildman–Crippen MR) is 119 cm³/mol. The van der Waals surface area contributed by atoms with Crippen molar-refractivity contribution in [2.75, 3.05) is 24.7 Å². The summed E-state index contributed by atoms with van der Waals surface area (Å²) >= 11 is 7.34. The highest BCUT2D eigenvalue weighted by Crippen LogP contribution is 2.29. The Kier molecular flexibility index (Phi) is 7.28. The van der Waals surface area contributed by atoms with Gasteiger partial charge < -0.3 is 10.1 Å². The van der Waals surface area contributed by atoms with Crippen molar-refractivity contribution in [3.8, 4) is 17.3 Å². The second-order valence-corrected chi connectivity index (χ2v) is 7.54. The third-order valence-corrected chi connectivity index (χ3v) is 4.98. The van der Waals surface area contributed by atoms with Crippen LogP contribution in [0.5, 0.6) is 0 Å². The molecule has 0 aliphatic carbocycles. The van der Waals surface area contributed by atoms with Crippen molar-refractivity contribution >= 4 is 35.1 Å². The summed E-state index contributed by atoms with van der Waals surface area (Å²) in [6.45, 7) is 2.35. The largest absolute Gasteiger partial charge is 0.460 e. The molecule has 0 aliphatic rings. The highest BCUT2D eigenvalue weighted by atomic mass is 35.5. The molecule has 0 amide bonds. The number of anilines is 1. The van der Waals surface area contributed by atoms with E-state index in [-0.39, 0.29) is 6.61 Å². The number of hydrogen-bond acceptors (Lipinski definition) is 7. The molecule has 2 aromatic carbocycles. The van der Waals surface area contributed by atoms with Crippen molar-refractivity contribution in [2.24, 2.45) is 0 Å². The monoisotopic (exact) mass is 438 g/mol. The molecule has 0 aliphatic heterocycles. The van der Waals surface area contributed by atoms with Gasteiger partial charge in [-0.1, -0.05) is 53.2 Å². The first-order chi connectivity index (χ1) is 14.5. The maximum Gasteiger partial charge on any atom is 0.338 e. The Morgan fingerprint density at radius 3 is 2.67 bits per heavy atom. The number of carbonyl (C=O) groups excluding carboxylic acids is 1. The van der Waals surface area contributed by atoms with Gasteiger partial charge >= 0.3 is 5.97 Å². The lowest BCUT2D eigenvalue weighted by molar-refractivity contribution is 0.0520. The van der Waals surface area contributed by atoms with E-state index in [2.05, 4.69) is 21.4 Å². The fourth-order valence-corrected chi connectivity index (χ4v) is 3.24. The number of nitrogens with zero attached hydrogens (tertiary/aromatic N) is 3. The zero-order chi connectivity index (χ0) is 21.5. The quantitative estimate of drug-likeness (QED) is 0.241. The smallest absolute Gasteiger partial charge is 0.338 e. The van der Waals surface area contributed by atoms with E-state index in [9.17, 15) is 10.1 Å². The third-order valence-electron chi connectivity index (χ3n) is 4.18. The molecule has 0 unspecified atom stereocenters. The molecule has 8 heteroatoms. The van der Waals surface area contributed by atoms with Crippen LogP contribution in [0.25, 0.3) is 11.3 Å². The van der Waals surface area contributed by atoms with Crippen LogP contribution >= 0.6 is 23.4 Å². The summed E-state index contributed by atoms with van der Waals surface area (Å²) in [5, 5.41) is 13.9. The van der Waals surface area contributed by atoms with E-state index in [1.165, 1.54) is 11.8 Å². The number of thioether (sulfide) groups is 1. The number of halogens is 1. The minimum absolute atomic E-state index is 0.131. The van der Waals surface area contributed by atoms with Crippen molar-refractivity contribution in [3.63, 3.8) is 0 Å². The van der Waals surface area contributed by atoms with E-state index in [1.54, 1.807) is 24.3 Å². The van der Waals surface area contributed by atoms with E-state index >= 15 is 0 Å². The van der Waals surface area contributed by atoms with Gasteiger partial charge in [-0.3, -0.25) is 0 Å². The second-order valence-electron chi connectivity index (χ2n) is 6.33. The lowest BCUT2D eigenvalue weighted by Crippen LogP contribution is -2.16. The molecule has 0 bridgehead atoms. The van der Waals surface area contributed by atoms with Crippen molar-refractivity contribution in [2.45, 2.75) is 12.1 Å². The Labute approximate surface area is 184 Å². The molecule has 0 radical (unpaired) electrons. The molecule has 0 saturated heterocycles. The van der Waals surface area contributed by atoms with E-state index in [1.807, 2.05) is 37.4 Å². The molecule has 1 aromatic heterocycles. The van der Waals surface area contributed by atoms with Gasteiger partial charge in [0.05, 0.1) is 17.8 Å². The lowest BCUT2D eigenvalue weighted by Gasteiger charge is -2.12. The zero-order valence-electron chi connectivity index (χ0n) is 16.5. The number of aromatic nitrogens is 2. The van der Waals surface area contributed by atoms with Crippen LogP contribution in [-0.2, 0) is 4.74 Å². The lowest BCUT2D eigenvalue weighted by atomic mass is 10.1. The Morgan fingerprint density at radius 2 is 2.00 bits per heavy atom. The standard InChI is InChI=1S/C22H19ClN4O2S/c1-14-4-3-5-16(12-14)21(28)29-11-10-25-20-18(13-24)19(26-22(27-20)30-2)15-6-8-17(23)9-7-15/h3-9,12H,10-11H2,1-2H3,(H,25,26,27). The number of hydrogen-bond donors (Lipinski definition) is 1. The van der Waals surface area contributed by atoms with Crippen LogP contribution in [0.15, 0.2) is 53.7 Å². The van der Waals surface area contributed by atoms with Crippen molar-refractivity contribution in [1.29, 1.82) is 5.26 Å². The van der Waals surface area contributed by atoms with Gasteiger partial charge in [0.15, 0.2) is 5.16 Å². The van der Waals surface area contributed by atoms with E-state index in [0.29, 0.717) is 39.4 Å². The van der Waals surface area contributed by atoms with E-state index in [0.717, 1.165) is 11.1 Å². The minimum atomic E-state index is -0.393. The Balaban J connectivity index is 1.74. The van der Waals surface area contributed by atoms with Gasteiger partial charge in [0.2, 0.25) is 0 Å². The molecule has 6 nitrogen and oxygen atoms in total. The summed E-state index contributed by atoms with van der Waals surface area (Å²) in [6, 6.07) is 16.5. The molecule has 1 heterocycles. The first kappa shape index (κ1) is 21.6. The molecule has 152 valence electrons. The number of nitrogens with one attached hydrogen (secondary N) is 1. The van der Waals surface area contributed by atoms with E-state index in [4.69, 9.17) is 16.3 Å². The molecule has 0 spiro atoms. The molecule has 30 heavy (non-hydrogen) atoms. The maximum atomic E-state index is 12.2. The molecular formula is C22H19ClN4O2S. The first-order valence-corrected chi connectivity index (χ1v) is 10.7. The topological polar surface area (TPSA) is 87.9 Å². The van der Waals surface area contributed by atoms with Crippen LogP contribution in [0.4, 0.5) is 5.82 Å². The van der Waals surface area contributed by atoms with Crippen LogP contribution in [0.2, 0.25) is 5.02 Å². The van der Waals surface area contributed by atoms with Gasteiger partial charge in [-0.25, -0.2) is 14.8 Å². The van der Waals surface area contributed by atoms with Gasteiger partial charge in [-0.05, 0) is 37.4 Å². The Morgan fingerprint density at radius 1 is 1.23 bits per heavy atom. The summed E-state index contributed by atoms with van der Waals surface area (Å²) in [5.41, 5.74) is 3.10. The summed E-state index contributed by atoms with van der Waals surface area (Å²) in [6.07, 6.45) is 1.86. The number of esters is 1. The molecule has 1 N–H and O–H groups in total. The maximum absolute atomic E-state index is 12.2. The molecule has 3 aromatic rings. The third kappa shape index (κ3) is 5.29. The van der Waals surface area contributed by atoms with Crippen LogP contribution in [-0.4, -0.2) is 35.3 Å². The van der Waals surface area contributed by atoms with Gasteiger partial charge in [0.25, 0.3) is 0 Å². The number of rotatable bonds is 7. The van der Waals surface area contributed by atoms with Crippen LogP contribution in [0.1, 0.15) is 21.5 Å². The van der Waals surface area contributed by atoms with Gasteiger partial charge in [0.1, 0.15) is 24.1 Å². The normalized spacial score (nSPS) is 10.3. The summed E-state index contributed by atoms with van der Waals surface area (Å²) in [7, 11) is 0. The molecule has 3 rings (SSSR count). The van der Waals surface area contributed by atoms with Crippen molar-refractivity contribution in [3.05, 3.63) is 70.2 Å². The number of nitriles is 1. The number of benzene rings is 2. The van der Waals surface area contributed by atoms with E-state index < -0.39 is 5.97 Å². The minimum Gasteiger partial charge on any atom is -0.460 e. The summed E-state index contributed by atoms with van der Waals surface area (Å²) in [5.74, 6) is 0.00348. The summed E-state index contributed by atoms with van der Waals surface area (Å²) in [4.78, 5) is 21.0. The Hall–Kier alpha value is -3.08. The molecule has 0 atom stereocenters. The van der Waals surface area contributed by atoms with Crippen LogP contribution in [0.3, 0.4) is 0 Å². The fraction of sp³-hybridized carbons (Fsp3) is 0.182. The van der Waals surface area contributed by atoms with Crippen molar-refractivity contribution < 1.29 is 9.53 Å². The first-order valence-electron chi connectivity index (χ1n) is 9.11. The van der Waals surface area contributed by atoms with Gasteiger partial charge in [-0.2, -0.15) is 5.26 Å². The molecule has 0 saturated carbocycles. The average molecular weight is 439 g/mol. The predicted octanol–water partition coefficient (Wildman–Crippen LogP) is 4.97. The van der Waals surface area contributed by atoms with Gasteiger partial charge in [0, 0.05) is 10.6 Å². The molecule has 0 fully saturated rings. The SMILES string of the molecule is CSc1nc(NCCOC(=O)c2cccc(C)c2)c(C#N)c(-c2ccc(Cl)cc2)n1. The zero-order valence-corrected chi connectivity index (χ0v) is 18.0. The summed E-state index contributed by atoms with van der Waals surface area (Å²) < 4.78 is 5.32. The van der Waals surface area contributed by atoms with Crippen molar-refractivity contribution in [1.82, 2.24) is 9.97 Å².